The van der Waals surface area contributed by atoms with Crippen LogP contribution in [0.3, 0.4) is 0 Å². The molecular formula is C16H22N2O. The Kier molecular flexibility index (Phi) is 3.76. The molecule has 0 saturated carbocycles. The summed E-state index contributed by atoms with van der Waals surface area (Å²) in [4.78, 5) is 12.3. The van der Waals surface area contributed by atoms with Gasteiger partial charge < -0.3 is 9.88 Å². The minimum absolute atomic E-state index is 0.157. The number of carbonyl (C=O) groups excluding carboxylic acids is 1. The summed E-state index contributed by atoms with van der Waals surface area (Å²) in [6.45, 7) is 8.65. The number of ketones is 1. The Morgan fingerprint density at radius 2 is 2.00 bits per heavy atom. The fourth-order valence-electron chi connectivity index (χ4n) is 2.58. The van der Waals surface area contributed by atoms with Gasteiger partial charge in [0.2, 0.25) is 0 Å². The molecule has 3 nitrogen and oxygen atoms in total. The van der Waals surface area contributed by atoms with Gasteiger partial charge in [-0.3, -0.25) is 4.79 Å². The van der Waals surface area contributed by atoms with Crippen LogP contribution in [0.15, 0.2) is 18.3 Å². The summed E-state index contributed by atoms with van der Waals surface area (Å²) in [6, 6.07) is 4.58. The van der Waals surface area contributed by atoms with Crippen LogP contribution in [-0.2, 0) is 7.05 Å². The van der Waals surface area contributed by atoms with Gasteiger partial charge in [-0.15, -0.1) is 0 Å². The molecule has 0 atom stereocenters. The number of hydrogen-bond donors (Lipinski definition) is 1. The first kappa shape index (κ1) is 13.8. The Hall–Kier alpha value is -1.61. The Labute approximate surface area is 114 Å². The third-order valence-electron chi connectivity index (χ3n) is 3.38. The van der Waals surface area contributed by atoms with E-state index in [1.807, 2.05) is 31.7 Å². The van der Waals surface area contributed by atoms with Crippen molar-refractivity contribution in [3.63, 3.8) is 0 Å². The summed E-state index contributed by atoms with van der Waals surface area (Å²) >= 11 is 0. The number of fused-ring (bicyclic) bond motifs is 1. The smallest absolute Gasteiger partial charge is 0.178 e. The largest absolute Gasteiger partial charge is 0.350 e. The number of aromatic nitrogens is 1. The third-order valence-corrected chi connectivity index (χ3v) is 3.38. The average molecular weight is 258 g/mol. The maximum atomic E-state index is 12.3. The lowest BCUT2D eigenvalue weighted by Crippen LogP contribution is -2.29. The van der Waals surface area contributed by atoms with Gasteiger partial charge in [0.25, 0.3) is 0 Å². The fourth-order valence-corrected chi connectivity index (χ4v) is 2.58. The van der Waals surface area contributed by atoms with Crippen LogP contribution in [-0.4, -0.2) is 22.9 Å². The second-order valence-corrected chi connectivity index (χ2v) is 5.59. The van der Waals surface area contributed by atoms with E-state index >= 15 is 0 Å². The maximum Gasteiger partial charge on any atom is 0.178 e. The van der Waals surface area contributed by atoms with Gasteiger partial charge in [0.1, 0.15) is 0 Å². The van der Waals surface area contributed by atoms with E-state index in [9.17, 15) is 4.79 Å². The molecule has 0 fully saturated rings. The van der Waals surface area contributed by atoms with Crippen molar-refractivity contribution in [2.24, 2.45) is 7.05 Å². The van der Waals surface area contributed by atoms with E-state index in [1.165, 1.54) is 11.1 Å². The van der Waals surface area contributed by atoms with Crippen molar-refractivity contribution in [1.29, 1.82) is 0 Å². The van der Waals surface area contributed by atoms with Crippen molar-refractivity contribution in [2.75, 3.05) is 6.54 Å². The minimum atomic E-state index is 0.157. The Bertz CT molecular complexity index is 623. The molecule has 0 aliphatic heterocycles. The van der Waals surface area contributed by atoms with Crippen LogP contribution < -0.4 is 5.32 Å². The highest BCUT2D eigenvalue weighted by molar-refractivity contribution is 6.09. The van der Waals surface area contributed by atoms with Gasteiger partial charge in [0.05, 0.1) is 12.1 Å². The first-order valence-corrected chi connectivity index (χ1v) is 6.73. The molecule has 0 radical (unpaired) electrons. The summed E-state index contributed by atoms with van der Waals surface area (Å²) < 4.78 is 2.05. The number of carbonyl (C=O) groups is 1. The molecule has 0 bridgehead atoms. The van der Waals surface area contributed by atoms with Gasteiger partial charge in [0, 0.05) is 30.2 Å². The van der Waals surface area contributed by atoms with Crippen molar-refractivity contribution in [3.8, 4) is 0 Å². The SMILES string of the molecule is Cc1cc(C)c2c(c1)c(C(=O)CNC(C)C)cn2C. The second kappa shape index (κ2) is 5.17. The lowest BCUT2D eigenvalue weighted by Gasteiger charge is -2.07. The quantitative estimate of drug-likeness (QED) is 0.855. The van der Waals surface area contributed by atoms with E-state index in [0.29, 0.717) is 12.6 Å². The van der Waals surface area contributed by atoms with E-state index in [1.54, 1.807) is 0 Å². The van der Waals surface area contributed by atoms with Gasteiger partial charge in [-0.2, -0.15) is 0 Å². The van der Waals surface area contributed by atoms with E-state index in [2.05, 4.69) is 31.3 Å². The molecule has 0 aliphatic carbocycles. The summed E-state index contributed by atoms with van der Waals surface area (Å²) in [6.07, 6.45) is 1.95. The van der Waals surface area contributed by atoms with Crippen LogP contribution in [0.4, 0.5) is 0 Å². The van der Waals surface area contributed by atoms with Crippen molar-refractivity contribution in [1.82, 2.24) is 9.88 Å². The monoisotopic (exact) mass is 258 g/mol. The van der Waals surface area contributed by atoms with Gasteiger partial charge in [-0.1, -0.05) is 25.5 Å². The molecule has 1 N–H and O–H groups in total. The first-order valence-electron chi connectivity index (χ1n) is 6.73. The Balaban J connectivity index is 2.47. The average Bonchev–Trinajstić information content (AvgIpc) is 2.63. The summed E-state index contributed by atoms with van der Waals surface area (Å²) in [5, 5.41) is 4.25. The van der Waals surface area contributed by atoms with Crippen molar-refractivity contribution in [2.45, 2.75) is 33.7 Å². The van der Waals surface area contributed by atoms with Crippen molar-refractivity contribution < 1.29 is 4.79 Å². The Morgan fingerprint density at radius 1 is 1.32 bits per heavy atom. The molecule has 1 aromatic carbocycles. The summed E-state index contributed by atoms with van der Waals surface area (Å²) in [5.41, 5.74) is 4.38. The third kappa shape index (κ3) is 2.71. The molecule has 1 aromatic heterocycles. The minimum Gasteiger partial charge on any atom is -0.350 e. The van der Waals surface area contributed by atoms with E-state index < -0.39 is 0 Å². The Morgan fingerprint density at radius 3 is 2.63 bits per heavy atom. The van der Waals surface area contributed by atoms with Gasteiger partial charge in [-0.05, 0) is 25.5 Å². The number of nitrogens with one attached hydrogen (secondary N) is 1. The fraction of sp³-hybridized carbons (Fsp3) is 0.438. The zero-order valence-corrected chi connectivity index (χ0v) is 12.4. The standard InChI is InChI=1S/C16H22N2O/c1-10(2)17-8-15(19)14-9-18(5)16-12(4)6-11(3)7-13(14)16/h6-7,9-10,17H,8H2,1-5H3. The molecule has 0 aliphatic rings. The number of aryl methyl sites for hydroxylation is 3. The molecule has 0 spiro atoms. The highest BCUT2D eigenvalue weighted by Gasteiger charge is 2.15. The molecule has 1 heterocycles. The van der Waals surface area contributed by atoms with E-state index in [0.717, 1.165) is 16.5 Å². The number of rotatable bonds is 4. The number of hydrogen-bond acceptors (Lipinski definition) is 2. The van der Waals surface area contributed by atoms with Crippen LogP contribution in [0.2, 0.25) is 0 Å². The van der Waals surface area contributed by atoms with E-state index in [4.69, 9.17) is 0 Å². The summed E-state index contributed by atoms with van der Waals surface area (Å²) in [5.74, 6) is 0.157. The van der Waals surface area contributed by atoms with Crippen LogP contribution >= 0.6 is 0 Å². The predicted molar refractivity (Wildman–Crippen MR) is 79.9 cm³/mol. The van der Waals surface area contributed by atoms with Crippen molar-refractivity contribution in [3.05, 3.63) is 35.0 Å². The highest BCUT2D eigenvalue weighted by atomic mass is 16.1. The highest BCUT2D eigenvalue weighted by Crippen LogP contribution is 2.25. The number of Topliss-reactive ketones (excluding diaryl/α,β-unsaturated/α-hetero) is 1. The van der Waals surface area contributed by atoms with Crippen LogP contribution in [0, 0.1) is 13.8 Å². The van der Waals surface area contributed by atoms with Crippen LogP contribution in [0.1, 0.15) is 35.3 Å². The molecule has 19 heavy (non-hydrogen) atoms. The zero-order chi connectivity index (χ0) is 14.2. The van der Waals surface area contributed by atoms with E-state index in [-0.39, 0.29) is 5.78 Å². The van der Waals surface area contributed by atoms with Gasteiger partial charge in [-0.25, -0.2) is 0 Å². The van der Waals surface area contributed by atoms with Crippen LogP contribution in [0.25, 0.3) is 10.9 Å². The molecule has 2 rings (SSSR count). The van der Waals surface area contributed by atoms with Gasteiger partial charge in [0.15, 0.2) is 5.78 Å². The lowest BCUT2D eigenvalue weighted by molar-refractivity contribution is 0.0990. The van der Waals surface area contributed by atoms with Crippen molar-refractivity contribution >= 4 is 16.7 Å². The molecule has 0 unspecified atom stereocenters. The maximum absolute atomic E-state index is 12.3. The molecule has 0 saturated heterocycles. The molecule has 0 amide bonds. The van der Waals surface area contributed by atoms with Crippen LogP contribution in [0.5, 0.6) is 0 Å². The molecule has 3 heteroatoms. The van der Waals surface area contributed by atoms with Gasteiger partial charge >= 0.3 is 0 Å². The molecule has 2 aromatic rings. The zero-order valence-electron chi connectivity index (χ0n) is 12.4. The molecule has 102 valence electrons. The first-order chi connectivity index (χ1) is 8.90. The predicted octanol–water partition coefficient (Wildman–Crippen LogP) is 2.98. The number of benzene rings is 1. The topological polar surface area (TPSA) is 34.0 Å². The normalized spacial score (nSPS) is 11.5. The second-order valence-electron chi connectivity index (χ2n) is 5.59. The molecular weight excluding hydrogens is 236 g/mol. The lowest BCUT2D eigenvalue weighted by atomic mass is 10.0. The summed E-state index contributed by atoms with van der Waals surface area (Å²) in [7, 11) is 2.00. The number of nitrogens with zero attached hydrogens (tertiary/aromatic N) is 1.